The van der Waals surface area contributed by atoms with Gasteiger partial charge >= 0.3 is 0 Å². The summed E-state index contributed by atoms with van der Waals surface area (Å²) in [6.45, 7) is 1.88. The van der Waals surface area contributed by atoms with E-state index in [2.05, 4.69) is 10.5 Å². The largest absolute Gasteiger partial charge is 0.311 e. The molecule has 0 fully saturated rings. The van der Waals surface area contributed by atoms with Crippen LogP contribution in [0, 0.1) is 6.92 Å². The number of halogens is 1. The Hall–Kier alpha value is -2.79. The summed E-state index contributed by atoms with van der Waals surface area (Å²) in [5.74, 6) is 0. The number of hydrogen-bond donors (Lipinski definition) is 1. The molecule has 24 heavy (non-hydrogen) atoms. The number of nitrogens with zero attached hydrogens (tertiary/aromatic N) is 3. The van der Waals surface area contributed by atoms with Crippen LogP contribution in [0.1, 0.15) is 5.69 Å². The van der Waals surface area contributed by atoms with Crippen LogP contribution in [0.5, 0.6) is 0 Å². The van der Waals surface area contributed by atoms with Gasteiger partial charge in [0.25, 0.3) is 5.56 Å². The zero-order valence-electron chi connectivity index (χ0n) is 13.2. The molecule has 0 bridgehead atoms. The molecule has 4 rings (SSSR count). The van der Waals surface area contributed by atoms with Crippen LogP contribution in [-0.2, 0) is 7.05 Å². The molecule has 0 aliphatic heterocycles. The summed E-state index contributed by atoms with van der Waals surface area (Å²) in [6.07, 6.45) is 0. The van der Waals surface area contributed by atoms with Crippen LogP contribution < -0.4 is 11.0 Å². The maximum atomic E-state index is 12.7. The Balaban J connectivity index is 1.99. The summed E-state index contributed by atoms with van der Waals surface area (Å²) in [4.78, 5) is 14.4. The highest BCUT2D eigenvalue weighted by Gasteiger charge is 2.16. The summed E-state index contributed by atoms with van der Waals surface area (Å²) in [5.41, 5.74) is 6.26. The van der Waals surface area contributed by atoms with Gasteiger partial charge in [-0.15, -0.1) is 0 Å². The third-order valence-electron chi connectivity index (χ3n) is 4.21. The molecule has 0 atom stereocenters. The van der Waals surface area contributed by atoms with E-state index in [1.807, 2.05) is 55.5 Å². The molecule has 0 aliphatic carbocycles. The molecule has 0 spiro atoms. The van der Waals surface area contributed by atoms with Crippen LogP contribution in [0.15, 0.2) is 53.3 Å². The standard InChI is InChI=1S/C18H15ClN4O/c1-11-16-17(14-8-3-4-9-15(14)22(2)18(16)24)21-23(11)20-13-7-5-6-12(19)10-13/h3-10,20H,1-2H3. The molecule has 0 saturated carbocycles. The summed E-state index contributed by atoms with van der Waals surface area (Å²) >= 11 is 6.03. The Morgan fingerprint density at radius 2 is 1.92 bits per heavy atom. The summed E-state index contributed by atoms with van der Waals surface area (Å²) in [5, 5.41) is 6.82. The van der Waals surface area contributed by atoms with E-state index in [0.29, 0.717) is 15.9 Å². The molecule has 0 saturated heterocycles. The van der Waals surface area contributed by atoms with Gasteiger partial charge in [0.1, 0.15) is 5.52 Å². The van der Waals surface area contributed by atoms with Crippen LogP contribution >= 0.6 is 11.6 Å². The zero-order valence-corrected chi connectivity index (χ0v) is 14.0. The molecule has 2 aromatic heterocycles. The predicted octanol–water partition coefficient (Wildman–Crippen LogP) is 3.73. The van der Waals surface area contributed by atoms with Gasteiger partial charge in [-0.3, -0.25) is 10.2 Å². The van der Waals surface area contributed by atoms with Crippen molar-refractivity contribution in [1.29, 1.82) is 0 Å². The van der Waals surface area contributed by atoms with E-state index >= 15 is 0 Å². The highest BCUT2D eigenvalue weighted by Crippen LogP contribution is 2.24. The number of fused-ring (bicyclic) bond motifs is 3. The maximum absolute atomic E-state index is 12.7. The van der Waals surface area contributed by atoms with Crippen molar-refractivity contribution in [3.63, 3.8) is 0 Å². The smallest absolute Gasteiger partial charge is 0.262 e. The highest BCUT2D eigenvalue weighted by molar-refractivity contribution is 6.30. The number of rotatable bonds is 2. The lowest BCUT2D eigenvalue weighted by Crippen LogP contribution is -2.18. The van der Waals surface area contributed by atoms with Crippen LogP contribution in [0.4, 0.5) is 5.69 Å². The van der Waals surface area contributed by atoms with Crippen molar-refractivity contribution in [3.05, 3.63) is 69.6 Å². The molecule has 6 heteroatoms. The number of benzene rings is 2. The van der Waals surface area contributed by atoms with Crippen molar-refractivity contribution < 1.29 is 0 Å². The molecule has 0 unspecified atom stereocenters. The molecular formula is C18H15ClN4O. The van der Waals surface area contributed by atoms with E-state index in [1.165, 1.54) is 0 Å². The lowest BCUT2D eigenvalue weighted by molar-refractivity contribution is 0.786. The molecule has 2 heterocycles. The fraction of sp³-hybridized carbons (Fsp3) is 0.111. The third-order valence-corrected chi connectivity index (χ3v) is 4.45. The Morgan fingerprint density at radius 1 is 1.12 bits per heavy atom. The number of pyridine rings is 1. The normalized spacial score (nSPS) is 11.3. The molecule has 0 amide bonds. The van der Waals surface area contributed by atoms with Crippen LogP contribution in [-0.4, -0.2) is 14.5 Å². The maximum Gasteiger partial charge on any atom is 0.262 e. The quantitative estimate of drug-likeness (QED) is 0.606. The highest BCUT2D eigenvalue weighted by atomic mass is 35.5. The second kappa shape index (κ2) is 5.39. The third kappa shape index (κ3) is 2.17. The topological polar surface area (TPSA) is 51.9 Å². The molecule has 5 nitrogen and oxygen atoms in total. The first-order valence-corrected chi connectivity index (χ1v) is 7.94. The zero-order chi connectivity index (χ0) is 16.8. The summed E-state index contributed by atoms with van der Waals surface area (Å²) in [6, 6.07) is 15.1. The fourth-order valence-electron chi connectivity index (χ4n) is 2.98. The minimum Gasteiger partial charge on any atom is -0.311 e. The number of aromatic nitrogens is 3. The molecule has 4 aromatic rings. The fourth-order valence-corrected chi connectivity index (χ4v) is 3.17. The van der Waals surface area contributed by atoms with Gasteiger partial charge in [0.2, 0.25) is 0 Å². The van der Waals surface area contributed by atoms with Crippen molar-refractivity contribution in [2.24, 2.45) is 7.05 Å². The summed E-state index contributed by atoms with van der Waals surface area (Å²) < 4.78 is 1.66. The van der Waals surface area contributed by atoms with E-state index in [0.717, 1.165) is 22.3 Å². The predicted molar refractivity (Wildman–Crippen MR) is 97.7 cm³/mol. The van der Waals surface area contributed by atoms with Crippen LogP contribution in [0.25, 0.3) is 21.8 Å². The van der Waals surface area contributed by atoms with Gasteiger partial charge in [-0.05, 0) is 31.2 Å². The Kier molecular flexibility index (Phi) is 3.32. The molecule has 0 radical (unpaired) electrons. The van der Waals surface area contributed by atoms with Gasteiger partial charge in [0.15, 0.2) is 0 Å². The molecule has 2 aromatic carbocycles. The van der Waals surface area contributed by atoms with E-state index in [4.69, 9.17) is 11.6 Å². The molecular weight excluding hydrogens is 324 g/mol. The van der Waals surface area contributed by atoms with Crippen molar-refractivity contribution in [2.45, 2.75) is 6.92 Å². The second-order valence-corrected chi connectivity index (χ2v) is 6.16. The monoisotopic (exact) mass is 338 g/mol. The van der Waals surface area contributed by atoms with Crippen molar-refractivity contribution in [2.75, 3.05) is 5.43 Å². The lowest BCUT2D eigenvalue weighted by atomic mass is 10.1. The van der Waals surface area contributed by atoms with E-state index < -0.39 is 0 Å². The van der Waals surface area contributed by atoms with Crippen LogP contribution in [0.2, 0.25) is 5.02 Å². The average Bonchev–Trinajstić information content (AvgIpc) is 2.90. The van der Waals surface area contributed by atoms with E-state index in [9.17, 15) is 4.79 Å². The number of nitrogens with one attached hydrogen (secondary N) is 1. The van der Waals surface area contributed by atoms with Gasteiger partial charge < -0.3 is 4.57 Å². The number of hydrogen-bond acceptors (Lipinski definition) is 3. The number of anilines is 1. The van der Waals surface area contributed by atoms with Gasteiger partial charge in [-0.1, -0.05) is 35.9 Å². The van der Waals surface area contributed by atoms with Crippen molar-refractivity contribution >= 4 is 39.1 Å². The van der Waals surface area contributed by atoms with Crippen molar-refractivity contribution in [3.8, 4) is 0 Å². The Labute approximate surface area is 143 Å². The van der Waals surface area contributed by atoms with Gasteiger partial charge in [0, 0.05) is 17.5 Å². The molecule has 0 aliphatic rings. The molecule has 120 valence electrons. The first kappa shape index (κ1) is 14.8. The second-order valence-electron chi connectivity index (χ2n) is 5.72. The number of para-hydroxylation sites is 1. The summed E-state index contributed by atoms with van der Waals surface area (Å²) in [7, 11) is 1.78. The average molecular weight is 339 g/mol. The molecule has 1 N–H and O–H groups in total. The minimum atomic E-state index is -0.0552. The van der Waals surface area contributed by atoms with E-state index in [-0.39, 0.29) is 5.56 Å². The minimum absolute atomic E-state index is 0.0552. The van der Waals surface area contributed by atoms with Crippen molar-refractivity contribution in [1.82, 2.24) is 14.5 Å². The Bertz CT molecular complexity index is 1140. The lowest BCUT2D eigenvalue weighted by Gasteiger charge is -2.08. The first-order valence-electron chi connectivity index (χ1n) is 7.56. The SMILES string of the molecule is Cc1c2c(=O)n(C)c3ccccc3c2nn1Nc1cccc(Cl)c1. The van der Waals surface area contributed by atoms with Gasteiger partial charge in [-0.25, -0.2) is 0 Å². The number of aryl methyl sites for hydroxylation is 2. The van der Waals surface area contributed by atoms with Crippen LogP contribution in [0.3, 0.4) is 0 Å². The first-order chi connectivity index (χ1) is 11.6. The Morgan fingerprint density at radius 3 is 2.71 bits per heavy atom. The van der Waals surface area contributed by atoms with Gasteiger partial charge in [-0.2, -0.15) is 9.89 Å². The van der Waals surface area contributed by atoms with E-state index in [1.54, 1.807) is 16.4 Å². The van der Waals surface area contributed by atoms with Gasteiger partial charge in [0.05, 0.1) is 22.3 Å².